The predicted molar refractivity (Wildman–Crippen MR) is 106 cm³/mol. The Morgan fingerprint density at radius 3 is 2.62 bits per heavy atom. The number of phenols is 2. The minimum Gasteiger partial charge on any atom is -0.508 e. The molecule has 3 rings (SSSR count). The van der Waals surface area contributed by atoms with Gasteiger partial charge in [-0.1, -0.05) is 46.3 Å². The number of rotatable bonds is 4. The smallest absolute Gasteiger partial charge is 0.244 e. The highest BCUT2D eigenvalue weighted by Gasteiger charge is 2.09. The minimum absolute atomic E-state index is 0.0247. The summed E-state index contributed by atoms with van der Waals surface area (Å²) in [4.78, 5) is 12.2. The van der Waals surface area contributed by atoms with Gasteiger partial charge in [-0.2, -0.15) is 5.10 Å². The lowest BCUT2D eigenvalue weighted by molar-refractivity contribution is -0.120. The molecular formula is C20H17BrN2O3. The van der Waals surface area contributed by atoms with Gasteiger partial charge in [0.05, 0.1) is 12.6 Å². The lowest BCUT2D eigenvalue weighted by atomic mass is 10.0. The van der Waals surface area contributed by atoms with Crippen LogP contribution in [0.4, 0.5) is 0 Å². The van der Waals surface area contributed by atoms with E-state index in [-0.39, 0.29) is 23.8 Å². The second kappa shape index (κ2) is 7.58. The van der Waals surface area contributed by atoms with Crippen molar-refractivity contribution in [1.29, 1.82) is 0 Å². The van der Waals surface area contributed by atoms with Gasteiger partial charge in [-0.3, -0.25) is 4.79 Å². The van der Waals surface area contributed by atoms with Crippen molar-refractivity contribution in [3.8, 4) is 11.5 Å². The number of aromatic hydroxyl groups is 2. The van der Waals surface area contributed by atoms with Crippen molar-refractivity contribution in [2.45, 2.75) is 13.3 Å². The van der Waals surface area contributed by atoms with Crippen LogP contribution in [0, 0.1) is 6.92 Å². The van der Waals surface area contributed by atoms with Gasteiger partial charge in [-0.25, -0.2) is 5.43 Å². The third-order valence-electron chi connectivity index (χ3n) is 4.04. The van der Waals surface area contributed by atoms with Crippen LogP contribution in [0.15, 0.2) is 58.1 Å². The number of carbonyl (C=O) groups excluding carboxylic acids is 1. The highest BCUT2D eigenvalue weighted by molar-refractivity contribution is 9.10. The number of nitrogens with zero attached hydrogens (tertiary/aromatic N) is 1. The summed E-state index contributed by atoms with van der Waals surface area (Å²) in [5.41, 5.74) is 4.47. The zero-order chi connectivity index (χ0) is 18.7. The highest BCUT2D eigenvalue weighted by atomic mass is 79.9. The molecule has 26 heavy (non-hydrogen) atoms. The fraction of sp³-hybridized carbons (Fsp3) is 0.100. The lowest BCUT2D eigenvalue weighted by Crippen LogP contribution is -2.20. The van der Waals surface area contributed by atoms with Gasteiger partial charge in [-0.05, 0) is 41.0 Å². The van der Waals surface area contributed by atoms with E-state index in [1.807, 2.05) is 36.4 Å². The summed E-state index contributed by atoms with van der Waals surface area (Å²) < 4.78 is 0.980. The summed E-state index contributed by atoms with van der Waals surface area (Å²) in [6, 6.07) is 14.4. The van der Waals surface area contributed by atoms with Gasteiger partial charge in [0.1, 0.15) is 11.5 Å². The molecule has 3 aromatic carbocycles. The van der Waals surface area contributed by atoms with Gasteiger partial charge < -0.3 is 10.2 Å². The fourth-order valence-electron chi connectivity index (χ4n) is 2.79. The number of phenolic OH excluding ortho intramolecular Hbond substituents is 2. The summed E-state index contributed by atoms with van der Waals surface area (Å²) in [6.07, 6.45) is 1.55. The number of hydrazone groups is 1. The molecule has 0 aliphatic heterocycles. The Balaban J connectivity index is 1.74. The fourth-order valence-corrected chi connectivity index (χ4v) is 3.27. The number of fused-ring (bicyclic) bond motifs is 1. The molecule has 132 valence electrons. The van der Waals surface area contributed by atoms with Crippen LogP contribution < -0.4 is 5.43 Å². The molecule has 0 atom stereocenters. The van der Waals surface area contributed by atoms with E-state index in [1.54, 1.807) is 6.92 Å². The molecule has 3 N–H and O–H groups in total. The van der Waals surface area contributed by atoms with Crippen LogP contribution in [0.2, 0.25) is 0 Å². The van der Waals surface area contributed by atoms with Gasteiger partial charge in [0.2, 0.25) is 5.91 Å². The van der Waals surface area contributed by atoms with E-state index >= 15 is 0 Å². The molecule has 6 heteroatoms. The average Bonchev–Trinajstić information content (AvgIpc) is 2.60. The number of hydrogen-bond acceptors (Lipinski definition) is 4. The Morgan fingerprint density at radius 2 is 1.88 bits per heavy atom. The van der Waals surface area contributed by atoms with Gasteiger partial charge in [0.15, 0.2) is 0 Å². The number of benzene rings is 3. The van der Waals surface area contributed by atoms with Crippen molar-refractivity contribution in [3.05, 3.63) is 69.7 Å². The van der Waals surface area contributed by atoms with Crippen molar-refractivity contribution >= 4 is 38.8 Å². The van der Waals surface area contributed by atoms with Gasteiger partial charge in [-0.15, -0.1) is 0 Å². The first-order chi connectivity index (χ1) is 12.5. The maximum absolute atomic E-state index is 12.2. The van der Waals surface area contributed by atoms with Crippen LogP contribution in [0.3, 0.4) is 0 Å². The van der Waals surface area contributed by atoms with Crippen molar-refractivity contribution in [3.63, 3.8) is 0 Å². The van der Waals surface area contributed by atoms with Gasteiger partial charge in [0.25, 0.3) is 0 Å². The average molecular weight is 413 g/mol. The predicted octanol–water partition coefficient (Wildman–Crippen LogP) is 4.01. The standard InChI is InChI=1S/C20H17BrN2O3/c1-12-8-14(24)10-19(25)17(12)11-22-23-20(26)9-13-6-7-18(21)16-5-3-2-4-15(13)16/h2-8,10-11,24-25H,9H2,1H3,(H,23,26)/b22-11-. The molecule has 0 unspecified atom stereocenters. The minimum atomic E-state index is -0.260. The van der Waals surface area contributed by atoms with E-state index in [0.29, 0.717) is 11.1 Å². The third-order valence-corrected chi connectivity index (χ3v) is 4.74. The number of nitrogens with one attached hydrogen (secondary N) is 1. The first-order valence-electron chi connectivity index (χ1n) is 7.96. The summed E-state index contributed by atoms with van der Waals surface area (Å²) in [7, 11) is 0. The van der Waals surface area contributed by atoms with Crippen molar-refractivity contribution in [1.82, 2.24) is 5.43 Å². The number of amides is 1. The molecular weight excluding hydrogens is 396 g/mol. The molecule has 0 aliphatic carbocycles. The molecule has 5 nitrogen and oxygen atoms in total. The second-order valence-corrected chi connectivity index (χ2v) is 6.77. The Labute approximate surface area is 159 Å². The van der Waals surface area contributed by atoms with Crippen molar-refractivity contribution in [2.24, 2.45) is 5.10 Å². The monoisotopic (exact) mass is 412 g/mol. The normalized spacial score (nSPS) is 11.2. The van der Waals surface area contributed by atoms with Crippen LogP contribution in [-0.4, -0.2) is 22.3 Å². The highest BCUT2D eigenvalue weighted by Crippen LogP contribution is 2.27. The first kappa shape index (κ1) is 17.9. The molecule has 0 saturated heterocycles. The van der Waals surface area contributed by atoms with Crippen molar-refractivity contribution < 1.29 is 15.0 Å². The van der Waals surface area contributed by atoms with Crippen LogP contribution in [0.5, 0.6) is 11.5 Å². The summed E-state index contributed by atoms with van der Waals surface area (Å²) in [6.45, 7) is 1.73. The Kier molecular flexibility index (Phi) is 5.23. The van der Waals surface area contributed by atoms with E-state index in [9.17, 15) is 15.0 Å². The summed E-state index contributed by atoms with van der Waals surface area (Å²) >= 11 is 3.52. The van der Waals surface area contributed by atoms with E-state index in [2.05, 4.69) is 26.5 Å². The lowest BCUT2D eigenvalue weighted by Gasteiger charge is -2.08. The van der Waals surface area contributed by atoms with Crippen LogP contribution in [0.1, 0.15) is 16.7 Å². The zero-order valence-electron chi connectivity index (χ0n) is 14.0. The molecule has 0 fully saturated rings. The topological polar surface area (TPSA) is 81.9 Å². The molecule has 0 aliphatic rings. The molecule has 0 bridgehead atoms. The first-order valence-corrected chi connectivity index (χ1v) is 8.75. The molecule has 3 aromatic rings. The number of aryl methyl sites for hydroxylation is 1. The Bertz CT molecular complexity index is 992. The zero-order valence-corrected chi connectivity index (χ0v) is 15.6. The van der Waals surface area contributed by atoms with Crippen molar-refractivity contribution in [2.75, 3.05) is 0 Å². The molecule has 0 aromatic heterocycles. The van der Waals surface area contributed by atoms with Crippen LogP contribution in [-0.2, 0) is 11.2 Å². The Morgan fingerprint density at radius 1 is 1.15 bits per heavy atom. The largest absolute Gasteiger partial charge is 0.508 e. The van der Waals surface area contributed by atoms with Crippen LogP contribution >= 0.6 is 15.9 Å². The number of halogens is 1. The van der Waals surface area contributed by atoms with E-state index in [1.165, 1.54) is 18.3 Å². The van der Waals surface area contributed by atoms with Gasteiger partial charge >= 0.3 is 0 Å². The van der Waals surface area contributed by atoms with E-state index in [4.69, 9.17) is 0 Å². The number of carbonyl (C=O) groups is 1. The second-order valence-electron chi connectivity index (χ2n) is 5.92. The maximum Gasteiger partial charge on any atom is 0.244 e. The third kappa shape index (κ3) is 3.86. The van der Waals surface area contributed by atoms with Gasteiger partial charge in [0, 0.05) is 16.1 Å². The molecule has 0 radical (unpaired) electrons. The number of hydrogen-bond donors (Lipinski definition) is 3. The van der Waals surface area contributed by atoms with E-state index < -0.39 is 0 Å². The molecule has 0 heterocycles. The molecule has 1 amide bonds. The summed E-state index contributed by atoms with van der Waals surface area (Å²) in [5.74, 6) is -0.382. The molecule has 0 saturated carbocycles. The Hall–Kier alpha value is -2.86. The maximum atomic E-state index is 12.2. The van der Waals surface area contributed by atoms with E-state index in [0.717, 1.165) is 20.8 Å². The molecule has 0 spiro atoms. The van der Waals surface area contributed by atoms with Crippen LogP contribution in [0.25, 0.3) is 10.8 Å². The summed E-state index contributed by atoms with van der Waals surface area (Å²) in [5, 5.41) is 25.2. The SMILES string of the molecule is Cc1cc(O)cc(O)c1/C=N\NC(=O)Cc1ccc(Br)c2ccccc12. The quantitative estimate of drug-likeness (QED) is 0.447.